The van der Waals surface area contributed by atoms with E-state index in [1.54, 1.807) is 24.5 Å². The molecule has 4 aromatic heterocycles. The first-order valence-corrected chi connectivity index (χ1v) is 12.5. The number of aliphatic hydroxyl groups is 2. The van der Waals surface area contributed by atoms with Crippen molar-refractivity contribution < 1.29 is 33.8 Å². The van der Waals surface area contributed by atoms with Crippen molar-refractivity contribution >= 4 is 52.8 Å². The summed E-state index contributed by atoms with van der Waals surface area (Å²) in [5.74, 6) is 0.240. The van der Waals surface area contributed by atoms with Crippen LogP contribution < -0.4 is 10.9 Å². The van der Waals surface area contributed by atoms with Crippen LogP contribution in [0.3, 0.4) is 0 Å². The second-order valence-corrected chi connectivity index (χ2v) is 9.55. The number of anilines is 2. The molecular formula is C20H18N9O8P. The summed E-state index contributed by atoms with van der Waals surface area (Å²) in [6.45, 7) is -0.687. The van der Waals surface area contributed by atoms with E-state index in [1.807, 2.05) is 0 Å². The molecule has 1 saturated heterocycles. The van der Waals surface area contributed by atoms with Crippen molar-refractivity contribution in [2.75, 3.05) is 11.9 Å². The molecule has 5 aromatic rings. The molecule has 0 unspecified atom stereocenters. The molecule has 6 N–H and O–H groups in total. The highest BCUT2D eigenvalue weighted by Gasteiger charge is 2.45. The monoisotopic (exact) mass is 543 g/mol. The Morgan fingerprint density at radius 3 is 2.61 bits per heavy atom. The number of ether oxygens (including phenoxy) is 1. The standard InChI is InChI=1S/C20H18N9O8P/c30-15-10(6-36-38(33,34)35)37-19(16(15)31)29-7-24-14-17(29)27-20(28-18(14)32)26-11-5-23-13-9(25-11)2-1-8-12(13)22-4-3-21-8/h1-5,7,10,15-16,19,30-31H,6H2,(H2,33,34,35)(H2,25,26,27,28,32)/t10-,15-,16-,19-/m1/s1. The highest BCUT2D eigenvalue weighted by Crippen LogP contribution is 2.38. The normalized spacial score (nSPS) is 22.0. The summed E-state index contributed by atoms with van der Waals surface area (Å²) in [5, 5.41) is 23.7. The number of phosphoric ester groups is 1. The van der Waals surface area contributed by atoms with Gasteiger partial charge >= 0.3 is 7.82 Å². The van der Waals surface area contributed by atoms with Gasteiger partial charge in [-0.15, -0.1) is 0 Å². The van der Waals surface area contributed by atoms with Crippen molar-refractivity contribution in [2.24, 2.45) is 0 Å². The van der Waals surface area contributed by atoms with Crippen molar-refractivity contribution in [3.8, 4) is 0 Å². The average molecular weight is 543 g/mol. The van der Waals surface area contributed by atoms with E-state index in [4.69, 9.17) is 14.5 Å². The number of nitrogens with zero attached hydrogens (tertiary/aromatic N) is 7. The maximum atomic E-state index is 12.7. The molecule has 6 rings (SSSR count). The van der Waals surface area contributed by atoms with E-state index in [9.17, 15) is 19.6 Å². The number of rotatable bonds is 6. The van der Waals surface area contributed by atoms with E-state index in [-0.39, 0.29) is 22.9 Å². The first-order chi connectivity index (χ1) is 18.2. The van der Waals surface area contributed by atoms with Crippen LogP contribution >= 0.6 is 7.82 Å². The van der Waals surface area contributed by atoms with Crippen LogP contribution in [0.1, 0.15) is 6.23 Å². The molecule has 1 aliphatic rings. The van der Waals surface area contributed by atoms with E-state index < -0.39 is 44.5 Å². The molecule has 196 valence electrons. The van der Waals surface area contributed by atoms with Gasteiger partial charge in [0.15, 0.2) is 23.2 Å². The summed E-state index contributed by atoms with van der Waals surface area (Å²) in [7, 11) is -4.83. The van der Waals surface area contributed by atoms with Crippen LogP contribution in [0.4, 0.5) is 11.8 Å². The van der Waals surface area contributed by atoms with E-state index in [1.165, 1.54) is 17.1 Å². The van der Waals surface area contributed by atoms with Gasteiger partial charge in [-0.05, 0) is 12.1 Å². The molecule has 17 nitrogen and oxygen atoms in total. The molecule has 4 atom stereocenters. The molecule has 0 aliphatic carbocycles. The molecule has 0 bridgehead atoms. The Morgan fingerprint density at radius 2 is 1.79 bits per heavy atom. The van der Waals surface area contributed by atoms with Gasteiger partial charge in [0, 0.05) is 12.4 Å². The number of benzene rings is 1. The van der Waals surface area contributed by atoms with Gasteiger partial charge in [0.05, 0.1) is 30.2 Å². The van der Waals surface area contributed by atoms with Crippen LogP contribution in [0, 0.1) is 0 Å². The Morgan fingerprint density at radius 1 is 1.03 bits per heavy atom. The third-order valence-corrected chi connectivity index (χ3v) is 6.33. The number of hydrogen-bond donors (Lipinski definition) is 6. The number of H-pyrrole nitrogens is 1. The zero-order valence-corrected chi connectivity index (χ0v) is 19.9. The second kappa shape index (κ2) is 9.10. The Bertz CT molecular complexity index is 1790. The summed E-state index contributed by atoms with van der Waals surface area (Å²) in [6.07, 6.45) is 0.115. The Hall–Kier alpha value is -3.96. The van der Waals surface area contributed by atoms with E-state index in [2.05, 4.69) is 44.7 Å². The average Bonchev–Trinajstić information content (AvgIpc) is 3.43. The summed E-state index contributed by atoms with van der Waals surface area (Å²) in [6, 6.07) is 3.49. The summed E-state index contributed by atoms with van der Waals surface area (Å²) in [4.78, 5) is 58.8. The van der Waals surface area contributed by atoms with Gasteiger partial charge in [-0.3, -0.25) is 28.8 Å². The van der Waals surface area contributed by atoms with Gasteiger partial charge in [-0.2, -0.15) is 4.98 Å². The molecule has 38 heavy (non-hydrogen) atoms. The number of aromatic amines is 1. The lowest BCUT2D eigenvalue weighted by Crippen LogP contribution is -2.33. The number of aromatic nitrogens is 8. The van der Waals surface area contributed by atoms with Crippen LogP contribution in [0.5, 0.6) is 0 Å². The third kappa shape index (κ3) is 4.37. The van der Waals surface area contributed by atoms with Crippen molar-refractivity contribution in [1.82, 2.24) is 39.5 Å². The molecule has 18 heteroatoms. The fourth-order valence-corrected chi connectivity index (χ4v) is 4.47. The first-order valence-electron chi connectivity index (χ1n) is 11.0. The van der Waals surface area contributed by atoms with E-state index in [0.717, 1.165) is 0 Å². The lowest BCUT2D eigenvalue weighted by molar-refractivity contribution is -0.0503. The first kappa shape index (κ1) is 24.4. The summed E-state index contributed by atoms with van der Waals surface area (Å²) < 4.78 is 22.2. The minimum atomic E-state index is -4.83. The molecule has 1 aromatic carbocycles. The lowest BCUT2D eigenvalue weighted by atomic mass is 10.1. The molecule has 0 spiro atoms. The SMILES string of the molecule is O=c1[nH]c(Nc2cnc3c(ccc4nccnc43)n2)nc2c1ncn2[C@@H]1O[C@H](COP(=O)(O)O)[C@@H](O)[C@H]1O. The summed E-state index contributed by atoms with van der Waals surface area (Å²) >= 11 is 0. The van der Waals surface area contributed by atoms with Crippen LogP contribution in [-0.4, -0.2) is 84.4 Å². The lowest BCUT2D eigenvalue weighted by Gasteiger charge is -2.16. The molecule has 1 fully saturated rings. The number of imidazole rings is 1. The van der Waals surface area contributed by atoms with Crippen LogP contribution in [0.15, 0.2) is 41.8 Å². The molecule has 0 amide bonds. The van der Waals surface area contributed by atoms with Crippen molar-refractivity contribution in [3.63, 3.8) is 0 Å². The van der Waals surface area contributed by atoms with Crippen LogP contribution in [0.2, 0.25) is 0 Å². The number of phosphoric acid groups is 1. The third-order valence-electron chi connectivity index (χ3n) is 5.85. The Labute approximate surface area is 210 Å². The summed E-state index contributed by atoms with van der Waals surface area (Å²) in [5.41, 5.74) is 1.63. The Kier molecular flexibility index (Phi) is 5.84. The Balaban J connectivity index is 1.31. The fourth-order valence-electron chi connectivity index (χ4n) is 4.13. The number of hydrogen-bond acceptors (Lipinski definition) is 13. The minimum absolute atomic E-state index is 0.000858. The number of fused-ring (bicyclic) bond motifs is 4. The zero-order chi connectivity index (χ0) is 26.6. The molecule has 0 saturated carbocycles. The predicted molar refractivity (Wildman–Crippen MR) is 128 cm³/mol. The molecular weight excluding hydrogens is 525 g/mol. The number of nitrogens with one attached hydrogen (secondary N) is 2. The topological polar surface area (TPSA) is 244 Å². The van der Waals surface area contributed by atoms with Gasteiger partial charge in [0.25, 0.3) is 5.56 Å². The van der Waals surface area contributed by atoms with Crippen LogP contribution in [-0.2, 0) is 13.8 Å². The quantitative estimate of drug-likeness (QED) is 0.116. The highest BCUT2D eigenvalue weighted by molar-refractivity contribution is 7.46. The van der Waals surface area contributed by atoms with Gasteiger partial charge in [0.1, 0.15) is 29.3 Å². The smallest absolute Gasteiger partial charge is 0.387 e. The van der Waals surface area contributed by atoms with E-state index in [0.29, 0.717) is 22.1 Å². The zero-order valence-electron chi connectivity index (χ0n) is 19.0. The predicted octanol–water partition coefficient (Wildman–Crippen LogP) is -0.522. The van der Waals surface area contributed by atoms with Gasteiger partial charge < -0.3 is 30.1 Å². The van der Waals surface area contributed by atoms with E-state index >= 15 is 0 Å². The molecule has 0 radical (unpaired) electrons. The number of aliphatic hydroxyl groups excluding tert-OH is 2. The van der Waals surface area contributed by atoms with Gasteiger partial charge in [-0.25, -0.2) is 19.5 Å². The molecule has 1 aliphatic heterocycles. The minimum Gasteiger partial charge on any atom is -0.387 e. The fraction of sp³-hybridized carbons (Fsp3) is 0.250. The maximum absolute atomic E-state index is 12.7. The molecule has 5 heterocycles. The van der Waals surface area contributed by atoms with Crippen molar-refractivity contribution in [3.05, 3.63) is 47.4 Å². The van der Waals surface area contributed by atoms with Gasteiger partial charge in [-0.1, -0.05) is 0 Å². The highest BCUT2D eigenvalue weighted by atomic mass is 31.2. The van der Waals surface area contributed by atoms with Crippen molar-refractivity contribution in [2.45, 2.75) is 24.5 Å². The van der Waals surface area contributed by atoms with Crippen molar-refractivity contribution in [1.29, 1.82) is 0 Å². The maximum Gasteiger partial charge on any atom is 0.469 e. The largest absolute Gasteiger partial charge is 0.469 e. The van der Waals surface area contributed by atoms with Gasteiger partial charge in [0.2, 0.25) is 5.95 Å². The second-order valence-electron chi connectivity index (χ2n) is 8.31. The van der Waals surface area contributed by atoms with Crippen LogP contribution in [0.25, 0.3) is 33.2 Å².